The molecule has 0 amide bonds. The van der Waals surface area contributed by atoms with Gasteiger partial charge in [-0.15, -0.1) is 0 Å². The zero-order chi connectivity index (χ0) is 34.3. The van der Waals surface area contributed by atoms with E-state index in [0.29, 0.717) is 23.7 Å². The predicted molar refractivity (Wildman–Crippen MR) is 210 cm³/mol. The third-order valence-corrected chi connectivity index (χ3v) is 11.8. The minimum atomic E-state index is 0.0649. The van der Waals surface area contributed by atoms with Crippen LogP contribution in [0.3, 0.4) is 0 Å². The van der Waals surface area contributed by atoms with Gasteiger partial charge in [-0.25, -0.2) is 0 Å². The van der Waals surface area contributed by atoms with Gasteiger partial charge in [0.05, 0.1) is 0 Å². The fourth-order valence-corrected chi connectivity index (χ4v) is 8.78. The summed E-state index contributed by atoms with van der Waals surface area (Å²) in [5.41, 5.74) is 16.6. The van der Waals surface area contributed by atoms with Gasteiger partial charge in [-0.05, 0) is 141 Å². The summed E-state index contributed by atoms with van der Waals surface area (Å²) in [6.45, 7) is 16.2. The summed E-state index contributed by atoms with van der Waals surface area (Å²) in [4.78, 5) is 2.43. The molecule has 250 valence electrons. The van der Waals surface area contributed by atoms with Gasteiger partial charge in [0.2, 0.25) is 0 Å². The number of fused-ring (bicyclic) bond motifs is 3. The molecule has 4 atom stereocenters. The summed E-state index contributed by atoms with van der Waals surface area (Å²) in [6.07, 6.45) is 7.42. The first kappa shape index (κ1) is 33.2. The molecule has 7 rings (SSSR count). The molecule has 0 saturated carbocycles. The molecular weight excluding hydrogens is 591 g/mol. The maximum absolute atomic E-state index is 2.72. The molecule has 0 aliphatic heterocycles. The highest BCUT2D eigenvalue weighted by atomic mass is 15.1. The van der Waals surface area contributed by atoms with E-state index in [9.17, 15) is 0 Å². The molecule has 2 aliphatic carbocycles. The Morgan fingerprint density at radius 2 is 1.14 bits per heavy atom. The summed E-state index contributed by atoms with van der Waals surface area (Å²) in [6, 6.07) is 43.8. The summed E-state index contributed by atoms with van der Waals surface area (Å²) in [5.74, 6) is 2.16. The van der Waals surface area contributed by atoms with Gasteiger partial charge >= 0.3 is 0 Å². The van der Waals surface area contributed by atoms with Crippen LogP contribution in [0.25, 0.3) is 0 Å². The standard InChI is InChI=1S/C48H53N/c1-32-8-16-37(17-9-32)29-45(39-19-10-33(2)11-20-39)36(5)28-38-18-26-43-44-27-25-42(31-47(44)48(6,7)46(43)30-38)49(40-21-12-34(3)13-22-40)41-23-14-35(4)15-24-41/h8-17,19-25,27,30-31,36,43,45-46H,18,26,28-29H2,1-7H3. The summed E-state index contributed by atoms with van der Waals surface area (Å²) in [7, 11) is 0. The molecule has 0 aromatic heterocycles. The van der Waals surface area contributed by atoms with Crippen LogP contribution in [0.2, 0.25) is 0 Å². The Balaban J connectivity index is 1.17. The second-order valence-corrected chi connectivity index (χ2v) is 15.9. The van der Waals surface area contributed by atoms with Crippen molar-refractivity contribution in [3.05, 3.63) is 171 Å². The minimum absolute atomic E-state index is 0.0649. The lowest BCUT2D eigenvalue weighted by molar-refractivity contribution is 0.334. The first-order valence-corrected chi connectivity index (χ1v) is 18.5. The van der Waals surface area contributed by atoms with Crippen molar-refractivity contribution in [2.75, 3.05) is 4.90 Å². The molecular formula is C48H53N. The quantitative estimate of drug-likeness (QED) is 0.144. The highest BCUT2D eigenvalue weighted by molar-refractivity contribution is 5.78. The van der Waals surface area contributed by atoms with Crippen molar-refractivity contribution in [1.82, 2.24) is 0 Å². The molecule has 1 nitrogen and oxygen atoms in total. The SMILES string of the molecule is Cc1ccc(CC(c2ccc(C)cc2)C(C)CC2=CC3C(CC2)c2ccc(N(c4ccc(C)cc4)c4ccc(C)cc4)cc2C3(C)C)cc1. The summed E-state index contributed by atoms with van der Waals surface area (Å²) < 4.78 is 0. The fourth-order valence-electron chi connectivity index (χ4n) is 8.78. The van der Waals surface area contributed by atoms with Crippen molar-refractivity contribution in [1.29, 1.82) is 0 Å². The van der Waals surface area contributed by atoms with E-state index in [1.165, 1.54) is 75.3 Å². The molecule has 0 radical (unpaired) electrons. The molecule has 0 bridgehead atoms. The highest BCUT2D eigenvalue weighted by Crippen LogP contribution is 2.57. The Kier molecular flexibility index (Phi) is 9.14. The number of rotatable bonds is 9. The molecule has 2 aliphatic rings. The van der Waals surface area contributed by atoms with E-state index in [1.54, 1.807) is 11.1 Å². The average molecular weight is 644 g/mol. The van der Waals surface area contributed by atoms with Gasteiger partial charge in [0.15, 0.2) is 0 Å². The van der Waals surface area contributed by atoms with Crippen molar-refractivity contribution in [2.45, 2.75) is 91.4 Å². The maximum Gasteiger partial charge on any atom is 0.0464 e. The number of allylic oxidation sites excluding steroid dienone is 2. The fraction of sp³-hybridized carbons (Fsp3) is 0.333. The largest absolute Gasteiger partial charge is 0.310 e. The van der Waals surface area contributed by atoms with E-state index in [1.807, 2.05) is 0 Å². The van der Waals surface area contributed by atoms with E-state index in [4.69, 9.17) is 0 Å². The number of nitrogens with zero attached hydrogens (tertiary/aromatic N) is 1. The van der Waals surface area contributed by atoms with Gasteiger partial charge in [0.25, 0.3) is 0 Å². The van der Waals surface area contributed by atoms with Crippen molar-refractivity contribution in [3.8, 4) is 0 Å². The van der Waals surface area contributed by atoms with Gasteiger partial charge in [-0.1, -0.05) is 134 Å². The Bertz CT molecular complexity index is 1880. The van der Waals surface area contributed by atoms with Gasteiger partial charge in [-0.2, -0.15) is 0 Å². The van der Waals surface area contributed by atoms with E-state index in [-0.39, 0.29) is 5.41 Å². The average Bonchev–Trinajstić information content (AvgIpc) is 3.32. The zero-order valence-corrected chi connectivity index (χ0v) is 30.6. The minimum Gasteiger partial charge on any atom is -0.310 e. The van der Waals surface area contributed by atoms with Crippen LogP contribution in [0.4, 0.5) is 17.1 Å². The second-order valence-electron chi connectivity index (χ2n) is 15.9. The molecule has 0 N–H and O–H groups in total. The molecule has 5 aromatic rings. The molecule has 0 saturated heterocycles. The van der Waals surface area contributed by atoms with Crippen LogP contribution >= 0.6 is 0 Å². The van der Waals surface area contributed by atoms with Crippen LogP contribution < -0.4 is 4.90 Å². The first-order chi connectivity index (χ1) is 23.6. The van der Waals surface area contributed by atoms with Crippen LogP contribution in [0.15, 0.2) is 127 Å². The highest BCUT2D eigenvalue weighted by Gasteiger charge is 2.46. The lowest BCUT2D eigenvalue weighted by Gasteiger charge is -2.35. The molecule has 1 heteroatoms. The molecule has 4 unspecified atom stereocenters. The third kappa shape index (κ3) is 6.78. The number of hydrogen-bond acceptors (Lipinski definition) is 1. The van der Waals surface area contributed by atoms with Gasteiger partial charge in [0.1, 0.15) is 0 Å². The Morgan fingerprint density at radius 1 is 0.633 bits per heavy atom. The Labute approximate surface area is 295 Å². The Hall–Kier alpha value is -4.36. The van der Waals surface area contributed by atoms with Gasteiger partial charge in [0, 0.05) is 17.1 Å². The number of anilines is 3. The van der Waals surface area contributed by atoms with Crippen molar-refractivity contribution in [2.24, 2.45) is 11.8 Å². The third-order valence-electron chi connectivity index (χ3n) is 11.8. The Morgan fingerprint density at radius 3 is 1.71 bits per heavy atom. The molecule has 0 spiro atoms. The number of aryl methyl sites for hydroxylation is 4. The van der Waals surface area contributed by atoms with E-state index >= 15 is 0 Å². The normalized spacial score (nSPS) is 19.0. The maximum atomic E-state index is 2.72. The van der Waals surface area contributed by atoms with Crippen molar-refractivity contribution in [3.63, 3.8) is 0 Å². The monoisotopic (exact) mass is 643 g/mol. The van der Waals surface area contributed by atoms with Gasteiger partial charge in [-0.3, -0.25) is 0 Å². The first-order valence-electron chi connectivity index (χ1n) is 18.5. The van der Waals surface area contributed by atoms with Gasteiger partial charge < -0.3 is 4.90 Å². The summed E-state index contributed by atoms with van der Waals surface area (Å²) in [5, 5.41) is 0. The van der Waals surface area contributed by atoms with Crippen LogP contribution in [-0.4, -0.2) is 0 Å². The van der Waals surface area contributed by atoms with Crippen LogP contribution in [0.5, 0.6) is 0 Å². The van der Waals surface area contributed by atoms with E-state index < -0.39 is 0 Å². The lowest BCUT2D eigenvalue weighted by Crippen LogP contribution is -2.27. The predicted octanol–water partition coefficient (Wildman–Crippen LogP) is 13.2. The molecule has 5 aromatic carbocycles. The zero-order valence-electron chi connectivity index (χ0n) is 30.6. The molecule has 49 heavy (non-hydrogen) atoms. The van der Waals surface area contributed by atoms with E-state index in [2.05, 4.69) is 175 Å². The molecule has 0 heterocycles. The van der Waals surface area contributed by atoms with Crippen molar-refractivity contribution >= 4 is 17.1 Å². The topological polar surface area (TPSA) is 3.24 Å². The number of hydrogen-bond donors (Lipinski definition) is 0. The van der Waals surface area contributed by atoms with Crippen LogP contribution in [-0.2, 0) is 11.8 Å². The number of benzene rings is 5. The van der Waals surface area contributed by atoms with Crippen molar-refractivity contribution < 1.29 is 0 Å². The molecule has 0 fully saturated rings. The lowest BCUT2D eigenvalue weighted by atomic mass is 9.69. The summed E-state index contributed by atoms with van der Waals surface area (Å²) >= 11 is 0. The second kappa shape index (κ2) is 13.5. The van der Waals surface area contributed by atoms with E-state index in [0.717, 1.165) is 6.42 Å². The smallest absolute Gasteiger partial charge is 0.0464 e. The van der Waals surface area contributed by atoms with Crippen LogP contribution in [0.1, 0.15) is 96.4 Å². The van der Waals surface area contributed by atoms with Crippen LogP contribution in [0, 0.1) is 39.5 Å².